The molecule has 0 aliphatic rings. The lowest BCUT2D eigenvalue weighted by atomic mass is 10.4. The molecule has 0 saturated carbocycles. The van der Waals surface area contributed by atoms with Gasteiger partial charge in [0.2, 0.25) is 5.95 Å². The van der Waals surface area contributed by atoms with E-state index in [0.717, 1.165) is 28.9 Å². The van der Waals surface area contributed by atoms with Gasteiger partial charge >= 0.3 is 0 Å². The minimum Gasteiger partial charge on any atom is -0.372 e. The summed E-state index contributed by atoms with van der Waals surface area (Å²) >= 11 is 3.37. The van der Waals surface area contributed by atoms with Crippen LogP contribution in [0.25, 0.3) is 0 Å². The molecule has 0 aromatic carbocycles. The van der Waals surface area contributed by atoms with Crippen LogP contribution in [0.3, 0.4) is 0 Å². The number of aryl methyl sites for hydroxylation is 1. The van der Waals surface area contributed by atoms with Crippen molar-refractivity contribution in [1.29, 1.82) is 0 Å². The normalized spacial score (nSPS) is 10.4. The average molecular weight is 311 g/mol. The minimum absolute atomic E-state index is 0.603. The van der Waals surface area contributed by atoms with E-state index in [1.807, 2.05) is 31.0 Å². The maximum Gasteiger partial charge on any atom is 0.224 e. The molecule has 7 heteroatoms. The van der Waals surface area contributed by atoms with Gasteiger partial charge < -0.3 is 10.6 Å². The number of hydrogen-bond acceptors (Lipinski definition) is 5. The molecule has 0 amide bonds. The van der Waals surface area contributed by atoms with Gasteiger partial charge in [-0.3, -0.25) is 4.68 Å². The Morgan fingerprint density at radius 1 is 1.39 bits per heavy atom. The van der Waals surface area contributed by atoms with Crippen molar-refractivity contribution in [2.45, 2.75) is 13.5 Å². The summed E-state index contributed by atoms with van der Waals surface area (Å²) in [5.41, 5.74) is 1.16. The molecule has 0 aliphatic heterocycles. The highest BCUT2D eigenvalue weighted by atomic mass is 79.9. The van der Waals surface area contributed by atoms with Gasteiger partial charge in [-0.15, -0.1) is 0 Å². The third-order valence-corrected chi connectivity index (χ3v) is 2.95. The predicted molar refractivity (Wildman–Crippen MR) is 74.7 cm³/mol. The summed E-state index contributed by atoms with van der Waals surface area (Å²) in [7, 11) is 1.82. The van der Waals surface area contributed by atoms with Crippen molar-refractivity contribution in [2.24, 2.45) is 0 Å². The van der Waals surface area contributed by atoms with E-state index in [1.165, 1.54) is 0 Å². The zero-order chi connectivity index (χ0) is 13.0. The van der Waals surface area contributed by atoms with Crippen molar-refractivity contribution in [1.82, 2.24) is 19.7 Å². The fourth-order valence-electron chi connectivity index (χ4n) is 1.50. The lowest BCUT2D eigenvalue weighted by Gasteiger charge is -2.07. The van der Waals surface area contributed by atoms with E-state index in [4.69, 9.17) is 0 Å². The standard InChI is InChI=1S/C11H15BrN6/c1-8-5-16-18(7-8)4-3-14-11-15-6-9(12)10(13-2)17-11/h5-7H,3-4H2,1-2H3,(H2,13,14,15,17). The molecule has 0 aliphatic carbocycles. The van der Waals surface area contributed by atoms with Gasteiger partial charge in [0, 0.05) is 26.0 Å². The molecule has 6 nitrogen and oxygen atoms in total. The highest BCUT2D eigenvalue weighted by Crippen LogP contribution is 2.18. The Balaban J connectivity index is 1.90. The van der Waals surface area contributed by atoms with Gasteiger partial charge in [0.25, 0.3) is 0 Å². The molecule has 2 aromatic rings. The predicted octanol–water partition coefficient (Wildman–Crippen LogP) is 1.90. The largest absolute Gasteiger partial charge is 0.372 e. The Hall–Kier alpha value is -1.63. The van der Waals surface area contributed by atoms with Crippen LogP contribution in [0.1, 0.15) is 5.56 Å². The second-order valence-electron chi connectivity index (χ2n) is 3.85. The van der Waals surface area contributed by atoms with Crippen LogP contribution in [0.5, 0.6) is 0 Å². The summed E-state index contributed by atoms with van der Waals surface area (Å²) in [6.07, 6.45) is 5.57. The van der Waals surface area contributed by atoms with Crippen molar-refractivity contribution >= 4 is 27.7 Å². The molecular formula is C11H15BrN6. The van der Waals surface area contributed by atoms with Crippen LogP contribution in [0.4, 0.5) is 11.8 Å². The third kappa shape index (κ3) is 3.19. The molecule has 0 saturated heterocycles. The minimum atomic E-state index is 0.603. The lowest BCUT2D eigenvalue weighted by molar-refractivity contribution is 0.635. The summed E-state index contributed by atoms with van der Waals surface area (Å²) < 4.78 is 2.73. The molecular weight excluding hydrogens is 296 g/mol. The average Bonchev–Trinajstić information content (AvgIpc) is 2.77. The van der Waals surface area contributed by atoms with Gasteiger partial charge in [0.1, 0.15) is 5.82 Å². The zero-order valence-corrected chi connectivity index (χ0v) is 11.9. The van der Waals surface area contributed by atoms with Gasteiger partial charge in [0.15, 0.2) is 0 Å². The molecule has 2 N–H and O–H groups in total. The number of halogens is 1. The molecule has 96 valence electrons. The number of aromatic nitrogens is 4. The Bertz CT molecular complexity index is 524. The smallest absolute Gasteiger partial charge is 0.224 e. The third-order valence-electron chi connectivity index (χ3n) is 2.37. The first-order chi connectivity index (χ1) is 8.69. The Kier molecular flexibility index (Phi) is 4.14. The van der Waals surface area contributed by atoms with Gasteiger partial charge in [-0.1, -0.05) is 0 Å². The SMILES string of the molecule is CNc1nc(NCCn2cc(C)cn2)ncc1Br. The Morgan fingerprint density at radius 3 is 2.89 bits per heavy atom. The molecule has 2 heterocycles. The summed E-state index contributed by atoms with van der Waals surface area (Å²) in [6, 6.07) is 0. The highest BCUT2D eigenvalue weighted by Gasteiger charge is 2.02. The van der Waals surface area contributed by atoms with Gasteiger partial charge in [-0.25, -0.2) is 4.98 Å². The maximum atomic E-state index is 4.32. The molecule has 0 atom stereocenters. The van der Waals surface area contributed by atoms with Crippen molar-refractivity contribution < 1.29 is 0 Å². The first-order valence-corrected chi connectivity index (χ1v) is 6.41. The van der Waals surface area contributed by atoms with Crippen LogP contribution in [0.2, 0.25) is 0 Å². The number of hydrogen-bond donors (Lipinski definition) is 2. The number of nitrogens with one attached hydrogen (secondary N) is 2. The zero-order valence-electron chi connectivity index (χ0n) is 10.3. The van der Waals surface area contributed by atoms with Crippen LogP contribution in [0.15, 0.2) is 23.1 Å². The van der Waals surface area contributed by atoms with Gasteiger partial charge in [-0.05, 0) is 28.4 Å². The second-order valence-corrected chi connectivity index (χ2v) is 4.70. The number of nitrogens with zero attached hydrogens (tertiary/aromatic N) is 4. The van der Waals surface area contributed by atoms with E-state index < -0.39 is 0 Å². The van der Waals surface area contributed by atoms with E-state index >= 15 is 0 Å². The summed E-state index contributed by atoms with van der Waals surface area (Å²) in [6.45, 7) is 3.53. The summed E-state index contributed by atoms with van der Waals surface area (Å²) in [5, 5.41) is 10.4. The topological polar surface area (TPSA) is 67.7 Å². The molecule has 0 bridgehead atoms. The van der Waals surface area contributed by atoms with Crippen LogP contribution in [-0.4, -0.2) is 33.3 Å². The van der Waals surface area contributed by atoms with E-state index in [2.05, 4.69) is 41.6 Å². The highest BCUT2D eigenvalue weighted by molar-refractivity contribution is 9.10. The maximum absolute atomic E-state index is 4.32. The molecule has 0 spiro atoms. The fourth-order valence-corrected chi connectivity index (χ4v) is 1.89. The van der Waals surface area contributed by atoms with Gasteiger partial charge in [-0.2, -0.15) is 10.1 Å². The Labute approximate surface area is 114 Å². The Morgan fingerprint density at radius 2 is 2.22 bits per heavy atom. The summed E-state index contributed by atoms with van der Waals surface area (Å²) in [4.78, 5) is 8.50. The number of anilines is 2. The first-order valence-electron chi connectivity index (χ1n) is 5.62. The number of rotatable bonds is 5. The quantitative estimate of drug-likeness (QED) is 0.883. The van der Waals surface area contributed by atoms with E-state index in [-0.39, 0.29) is 0 Å². The van der Waals surface area contributed by atoms with E-state index in [0.29, 0.717) is 5.95 Å². The van der Waals surface area contributed by atoms with Crippen LogP contribution >= 0.6 is 15.9 Å². The molecule has 0 unspecified atom stereocenters. The van der Waals surface area contributed by atoms with Crippen molar-refractivity contribution in [3.63, 3.8) is 0 Å². The molecule has 0 radical (unpaired) electrons. The summed E-state index contributed by atoms with van der Waals surface area (Å²) in [5.74, 6) is 1.37. The molecule has 18 heavy (non-hydrogen) atoms. The van der Waals surface area contributed by atoms with Crippen LogP contribution < -0.4 is 10.6 Å². The monoisotopic (exact) mass is 310 g/mol. The van der Waals surface area contributed by atoms with Crippen molar-refractivity contribution in [3.05, 3.63) is 28.6 Å². The second kappa shape index (κ2) is 5.81. The first kappa shape index (κ1) is 12.8. The van der Waals surface area contributed by atoms with Crippen molar-refractivity contribution in [2.75, 3.05) is 24.2 Å². The van der Waals surface area contributed by atoms with Gasteiger partial charge in [0.05, 0.1) is 17.2 Å². The molecule has 0 fully saturated rings. The molecule has 2 aromatic heterocycles. The lowest BCUT2D eigenvalue weighted by Crippen LogP contribution is -2.13. The van der Waals surface area contributed by atoms with Crippen molar-refractivity contribution in [3.8, 4) is 0 Å². The molecule has 2 rings (SSSR count). The van der Waals surface area contributed by atoms with E-state index in [1.54, 1.807) is 6.20 Å². The van der Waals surface area contributed by atoms with E-state index in [9.17, 15) is 0 Å². The van der Waals surface area contributed by atoms with Crippen LogP contribution in [0, 0.1) is 6.92 Å². The van der Waals surface area contributed by atoms with Crippen LogP contribution in [-0.2, 0) is 6.54 Å². The fraction of sp³-hybridized carbons (Fsp3) is 0.364.